The van der Waals surface area contributed by atoms with Crippen LogP contribution in [0.3, 0.4) is 0 Å². The smallest absolute Gasteiger partial charge is 0.140 e. The number of aliphatic imine (C=N–C) groups is 1. The van der Waals surface area contributed by atoms with Crippen molar-refractivity contribution in [1.29, 1.82) is 0 Å². The van der Waals surface area contributed by atoms with Crippen molar-refractivity contribution in [3.63, 3.8) is 0 Å². The quantitative estimate of drug-likeness (QED) is 0.581. The molecule has 0 heterocycles. The highest BCUT2D eigenvalue weighted by Crippen LogP contribution is 2.17. The molecular weight excluding hydrogens is 288 g/mol. The summed E-state index contributed by atoms with van der Waals surface area (Å²) in [5.41, 5.74) is 2.10. The van der Waals surface area contributed by atoms with E-state index in [0.717, 1.165) is 23.0 Å². The van der Waals surface area contributed by atoms with Crippen LogP contribution in [0.5, 0.6) is 0 Å². The summed E-state index contributed by atoms with van der Waals surface area (Å²) in [6, 6.07) is 17.8. The molecule has 0 aromatic heterocycles. The zero-order valence-electron chi connectivity index (χ0n) is 11.6. The highest BCUT2D eigenvalue weighted by Gasteiger charge is 2.01. The van der Waals surface area contributed by atoms with E-state index in [1.165, 1.54) is 5.56 Å². The highest BCUT2D eigenvalue weighted by molar-refractivity contribution is 7.86. The van der Waals surface area contributed by atoms with E-state index in [1.807, 2.05) is 42.5 Å². The lowest BCUT2D eigenvalue weighted by atomic mass is 10.1. The average molecular weight is 305 g/mol. The fourth-order valence-corrected chi connectivity index (χ4v) is 2.40. The molecule has 20 heavy (non-hydrogen) atoms. The van der Waals surface area contributed by atoms with E-state index in [9.17, 15) is 0 Å². The molecule has 0 bridgehead atoms. The molecule has 0 aliphatic carbocycles. The molecule has 0 N–H and O–H groups in total. The Hall–Kier alpha value is -1.45. The van der Waals surface area contributed by atoms with Crippen molar-refractivity contribution >= 4 is 33.8 Å². The summed E-state index contributed by atoms with van der Waals surface area (Å²) >= 11 is 5.89. The molecule has 0 aliphatic rings. The topological polar surface area (TPSA) is 24.7 Å². The third-order valence-corrected chi connectivity index (χ3v) is 3.41. The predicted octanol–water partition coefficient (Wildman–Crippen LogP) is 4.67. The van der Waals surface area contributed by atoms with Gasteiger partial charge in [0.05, 0.1) is 5.69 Å². The number of hydrogen-bond donors (Lipinski definition) is 0. The van der Waals surface area contributed by atoms with Gasteiger partial charge in [-0.15, -0.1) is 0 Å². The van der Waals surface area contributed by atoms with Gasteiger partial charge in [0.1, 0.15) is 5.84 Å². The molecule has 4 heteroatoms. The Bertz CT molecular complexity index is 615. The van der Waals surface area contributed by atoms with E-state index in [2.05, 4.69) is 34.0 Å². The van der Waals surface area contributed by atoms with E-state index in [-0.39, 0.29) is 10.7 Å². The summed E-state index contributed by atoms with van der Waals surface area (Å²) < 4.78 is 4.63. The second-order valence-corrected chi connectivity index (χ2v) is 6.70. The Balaban J connectivity index is 2.28. The summed E-state index contributed by atoms with van der Waals surface area (Å²) in [6.45, 7) is 0. The SMILES string of the molecule is CS(C)=NC(Cc1ccccc1)=Nc1ccc(Cl)cc1. The molecule has 0 atom stereocenters. The third-order valence-electron chi connectivity index (χ3n) is 2.58. The molecular formula is C16H17ClN2S. The first kappa shape index (κ1) is 14.9. The van der Waals surface area contributed by atoms with E-state index in [0.29, 0.717) is 0 Å². The molecule has 0 unspecified atom stereocenters. The second-order valence-electron chi connectivity index (χ2n) is 4.53. The summed E-state index contributed by atoms with van der Waals surface area (Å²) in [6.07, 6.45) is 4.92. The Kier molecular flexibility index (Phi) is 5.50. The molecule has 2 rings (SSSR count). The monoisotopic (exact) mass is 304 g/mol. The molecule has 2 aromatic rings. The van der Waals surface area contributed by atoms with Gasteiger partial charge in [-0.2, -0.15) is 0 Å². The van der Waals surface area contributed by atoms with Gasteiger partial charge in [-0.25, -0.2) is 9.36 Å². The van der Waals surface area contributed by atoms with Crippen molar-refractivity contribution < 1.29 is 0 Å². The number of amidine groups is 1. The molecule has 0 amide bonds. The van der Waals surface area contributed by atoms with Crippen LogP contribution in [0.1, 0.15) is 5.56 Å². The van der Waals surface area contributed by atoms with Crippen LogP contribution < -0.4 is 0 Å². The molecule has 0 spiro atoms. The van der Waals surface area contributed by atoms with Gasteiger partial charge in [0.25, 0.3) is 0 Å². The Labute approximate surface area is 127 Å². The first-order valence-corrected chi connectivity index (χ1v) is 8.67. The summed E-state index contributed by atoms with van der Waals surface area (Å²) in [5.74, 6) is 0.854. The average Bonchev–Trinajstić information content (AvgIpc) is 2.42. The number of hydrogen-bond acceptors (Lipinski definition) is 1. The summed E-state index contributed by atoms with van der Waals surface area (Å²) in [7, 11) is -0.0292. The molecule has 0 radical (unpaired) electrons. The van der Waals surface area contributed by atoms with E-state index in [4.69, 9.17) is 11.6 Å². The van der Waals surface area contributed by atoms with E-state index in [1.54, 1.807) is 0 Å². The van der Waals surface area contributed by atoms with Gasteiger partial charge in [-0.1, -0.05) is 52.6 Å². The fraction of sp³-hybridized carbons (Fsp3) is 0.188. The van der Waals surface area contributed by atoms with Crippen LogP contribution in [-0.4, -0.2) is 18.3 Å². The van der Waals surface area contributed by atoms with Gasteiger partial charge in [0.2, 0.25) is 0 Å². The largest absolute Gasteiger partial charge is 0.233 e. The molecule has 0 saturated carbocycles. The van der Waals surface area contributed by atoms with Crippen molar-refractivity contribution in [1.82, 2.24) is 0 Å². The van der Waals surface area contributed by atoms with Crippen molar-refractivity contribution in [3.8, 4) is 0 Å². The van der Waals surface area contributed by atoms with Gasteiger partial charge in [-0.05, 0) is 42.3 Å². The molecule has 2 aromatic carbocycles. The van der Waals surface area contributed by atoms with Crippen LogP contribution in [-0.2, 0) is 17.1 Å². The Morgan fingerprint density at radius 2 is 1.65 bits per heavy atom. The minimum atomic E-state index is -0.0292. The molecule has 0 fully saturated rings. The normalized spacial score (nSPS) is 11.7. The number of benzene rings is 2. The van der Waals surface area contributed by atoms with Crippen molar-refractivity contribution in [2.75, 3.05) is 12.5 Å². The predicted molar refractivity (Wildman–Crippen MR) is 90.3 cm³/mol. The lowest BCUT2D eigenvalue weighted by molar-refractivity contribution is 1.28. The maximum absolute atomic E-state index is 5.89. The van der Waals surface area contributed by atoms with Gasteiger partial charge >= 0.3 is 0 Å². The van der Waals surface area contributed by atoms with E-state index >= 15 is 0 Å². The van der Waals surface area contributed by atoms with Gasteiger partial charge in [-0.3, -0.25) is 0 Å². The van der Waals surface area contributed by atoms with Crippen LogP contribution >= 0.6 is 11.6 Å². The molecule has 2 nitrogen and oxygen atoms in total. The second kappa shape index (κ2) is 7.36. The van der Waals surface area contributed by atoms with Gasteiger partial charge in [0, 0.05) is 11.4 Å². The Morgan fingerprint density at radius 3 is 2.25 bits per heavy atom. The van der Waals surface area contributed by atoms with Crippen LogP contribution in [0.4, 0.5) is 5.69 Å². The first-order valence-electron chi connectivity index (χ1n) is 6.30. The number of rotatable bonds is 3. The van der Waals surface area contributed by atoms with Gasteiger partial charge < -0.3 is 0 Å². The zero-order valence-corrected chi connectivity index (χ0v) is 13.2. The lowest BCUT2D eigenvalue weighted by Gasteiger charge is -2.03. The Morgan fingerprint density at radius 1 is 1.00 bits per heavy atom. The standard InChI is InChI=1S/C16H17ClN2S/c1-20(2)19-16(12-13-6-4-3-5-7-13)18-15-10-8-14(17)9-11-15/h3-11H,12H2,1-2H3. The van der Waals surface area contributed by atoms with Gasteiger partial charge in [0.15, 0.2) is 0 Å². The minimum Gasteiger partial charge on any atom is -0.233 e. The lowest BCUT2D eigenvalue weighted by Crippen LogP contribution is -2.01. The van der Waals surface area contributed by atoms with E-state index < -0.39 is 0 Å². The van der Waals surface area contributed by atoms with Crippen LogP contribution in [0.15, 0.2) is 64.0 Å². The first-order chi connectivity index (χ1) is 9.63. The van der Waals surface area contributed by atoms with Crippen molar-refractivity contribution in [2.24, 2.45) is 9.36 Å². The van der Waals surface area contributed by atoms with Crippen molar-refractivity contribution in [3.05, 3.63) is 65.2 Å². The molecule has 0 aliphatic heterocycles. The minimum absolute atomic E-state index is 0.0292. The zero-order chi connectivity index (χ0) is 14.4. The van der Waals surface area contributed by atoms with Crippen LogP contribution in [0.2, 0.25) is 5.02 Å². The fourth-order valence-electron chi connectivity index (χ4n) is 1.75. The van der Waals surface area contributed by atoms with Crippen LogP contribution in [0, 0.1) is 0 Å². The highest BCUT2D eigenvalue weighted by atomic mass is 35.5. The molecule has 104 valence electrons. The van der Waals surface area contributed by atoms with Crippen LogP contribution in [0.25, 0.3) is 0 Å². The molecule has 0 saturated heterocycles. The third kappa shape index (κ3) is 4.91. The number of halogens is 1. The number of nitrogens with zero attached hydrogens (tertiary/aromatic N) is 2. The van der Waals surface area contributed by atoms with Crippen molar-refractivity contribution in [2.45, 2.75) is 6.42 Å². The summed E-state index contributed by atoms with van der Waals surface area (Å²) in [5, 5.41) is 0.719. The summed E-state index contributed by atoms with van der Waals surface area (Å²) in [4.78, 5) is 4.63. The maximum Gasteiger partial charge on any atom is 0.140 e. The maximum atomic E-state index is 5.89.